The molecule has 112 valence electrons. The van der Waals surface area contributed by atoms with Crippen LogP contribution in [0.25, 0.3) is 0 Å². The minimum absolute atomic E-state index is 0.106. The zero-order valence-electron chi connectivity index (χ0n) is 12.7. The number of rotatable bonds is 5. The molecule has 0 aliphatic heterocycles. The van der Waals surface area contributed by atoms with Crippen LogP contribution in [0.4, 0.5) is 5.69 Å². The number of alkyl halides is 1. The molecule has 0 spiro atoms. The molecule has 0 aliphatic carbocycles. The summed E-state index contributed by atoms with van der Waals surface area (Å²) >= 11 is 5.71. The van der Waals surface area contributed by atoms with Gasteiger partial charge in [-0.15, -0.1) is 11.6 Å². The molecular formula is C15H22ClNO3. The Kier molecular flexibility index (Phi) is 5.84. The fourth-order valence-electron chi connectivity index (χ4n) is 2.03. The quantitative estimate of drug-likeness (QED) is 0.619. The summed E-state index contributed by atoms with van der Waals surface area (Å²) in [4.78, 5) is 13.6. The van der Waals surface area contributed by atoms with Gasteiger partial charge in [0, 0.05) is 7.11 Å². The fourth-order valence-corrected chi connectivity index (χ4v) is 2.18. The SMILES string of the molecule is COCN(C(=O)CCl)c1c(OC)cccc1C(C)(C)C. The number of anilines is 1. The second kappa shape index (κ2) is 6.95. The molecule has 0 atom stereocenters. The van der Waals surface area contributed by atoms with Crippen LogP contribution in [0.3, 0.4) is 0 Å². The van der Waals surface area contributed by atoms with Gasteiger partial charge in [-0.3, -0.25) is 9.69 Å². The minimum Gasteiger partial charge on any atom is -0.495 e. The number of carbonyl (C=O) groups is 1. The van der Waals surface area contributed by atoms with Crippen molar-refractivity contribution in [1.82, 2.24) is 0 Å². The van der Waals surface area contributed by atoms with Gasteiger partial charge in [-0.2, -0.15) is 0 Å². The predicted molar refractivity (Wildman–Crippen MR) is 81.8 cm³/mol. The topological polar surface area (TPSA) is 38.8 Å². The van der Waals surface area contributed by atoms with E-state index >= 15 is 0 Å². The first-order valence-electron chi connectivity index (χ1n) is 6.39. The summed E-state index contributed by atoms with van der Waals surface area (Å²) in [7, 11) is 3.13. The Labute approximate surface area is 125 Å². The monoisotopic (exact) mass is 299 g/mol. The van der Waals surface area contributed by atoms with Crippen molar-refractivity contribution in [2.24, 2.45) is 0 Å². The van der Waals surface area contributed by atoms with Crippen LogP contribution in [-0.4, -0.2) is 32.7 Å². The maximum absolute atomic E-state index is 12.1. The first-order chi connectivity index (χ1) is 9.36. The Morgan fingerprint density at radius 2 is 1.95 bits per heavy atom. The van der Waals surface area contributed by atoms with Gasteiger partial charge in [0.15, 0.2) is 0 Å². The van der Waals surface area contributed by atoms with E-state index in [4.69, 9.17) is 21.1 Å². The second-order valence-corrected chi connectivity index (χ2v) is 5.75. The molecule has 0 saturated carbocycles. The summed E-state index contributed by atoms with van der Waals surface area (Å²) in [5, 5.41) is 0. The lowest BCUT2D eigenvalue weighted by Crippen LogP contribution is -2.36. The maximum atomic E-state index is 12.1. The molecule has 1 amide bonds. The van der Waals surface area contributed by atoms with E-state index in [-0.39, 0.29) is 23.9 Å². The van der Waals surface area contributed by atoms with Crippen LogP contribution in [0.5, 0.6) is 5.75 Å². The van der Waals surface area contributed by atoms with Gasteiger partial charge in [0.05, 0.1) is 12.8 Å². The molecule has 0 N–H and O–H groups in total. The van der Waals surface area contributed by atoms with Gasteiger partial charge < -0.3 is 9.47 Å². The highest BCUT2D eigenvalue weighted by atomic mass is 35.5. The van der Waals surface area contributed by atoms with Crippen LogP contribution in [0.1, 0.15) is 26.3 Å². The Hall–Kier alpha value is -1.26. The summed E-state index contributed by atoms with van der Waals surface area (Å²) in [6, 6.07) is 5.73. The van der Waals surface area contributed by atoms with Crippen LogP contribution < -0.4 is 9.64 Å². The number of para-hydroxylation sites is 1. The number of carbonyl (C=O) groups excluding carboxylic acids is 1. The zero-order chi connectivity index (χ0) is 15.3. The molecule has 0 heterocycles. The van der Waals surface area contributed by atoms with Crippen molar-refractivity contribution >= 4 is 23.2 Å². The van der Waals surface area contributed by atoms with Gasteiger partial charge in [0.25, 0.3) is 0 Å². The third kappa shape index (κ3) is 3.64. The Bertz CT molecular complexity index is 469. The van der Waals surface area contributed by atoms with Gasteiger partial charge in [-0.05, 0) is 17.0 Å². The van der Waals surface area contributed by atoms with Gasteiger partial charge in [0.1, 0.15) is 18.4 Å². The maximum Gasteiger partial charge on any atom is 0.243 e. The molecule has 4 nitrogen and oxygen atoms in total. The number of amides is 1. The molecular weight excluding hydrogens is 278 g/mol. The summed E-state index contributed by atoms with van der Waals surface area (Å²) in [6.45, 7) is 6.39. The average molecular weight is 300 g/mol. The molecule has 0 aromatic heterocycles. The van der Waals surface area contributed by atoms with E-state index in [1.165, 1.54) is 4.90 Å². The molecule has 20 heavy (non-hydrogen) atoms. The Morgan fingerprint density at radius 1 is 1.30 bits per heavy atom. The van der Waals surface area contributed by atoms with E-state index in [0.29, 0.717) is 5.75 Å². The zero-order valence-corrected chi connectivity index (χ0v) is 13.5. The van der Waals surface area contributed by atoms with Crippen molar-refractivity contribution in [1.29, 1.82) is 0 Å². The van der Waals surface area contributed by atoms with E-state index in [0.717, 1.165) is 11.3 Å². The lowest BCUT2D eigenvalue weighted by atomic mass is 9.85. The van der Waals surface area contributed by atoms with Crippen molar-refractivity contribution in [2.45, 2.75) is 26.2 Å². The highest BCUT2D eigenvalue weighted by Crippen LogP contribution is 2.39. The van der Waals surface area contributed by atoms with E-state index < -0.39 is 0 Å². The Balaban J connectivity index is 3.48. The summed E-state index contributed by atoms with van der Waals surface area (Å²) in [5.41, 5.74) is 1.59. The van der Waals surface area contributed by atoms with Gasteiger partial charge in [0.2, 0.25) is 5.91 Å². The molecule has 1 aromatic carbocycles. The first-order valence-corrected chi connectivity index (χ1v) is 6.93. The molecule has 0 saturated heterocycles. The smallest absolute Gasteiger partial charge is 0.243 e. The molecule has 5 heteroatoms. The first kappa shape index (κ1) is 16.8. The van der Waals surface area contributed by atoms with E-state index in [9.17, 15) is 4.79 Å². The van der Waals surface area contributed by atoms with Crippen molar-refractivity contribution in [3.63, 3.8) is 0 Å². The lowest BCUT2D eigenvalue weighted by Gasteiger charge is -2.30. The summed E-state index contributed by atoms with van der Waals surface area (Å²) in [5.74, 6) is 0.307. The third-order valence-corrected chi connectivity index (χ3v) is 3.20. The number of halogens is 1. The largest absolute Gasteiger partial charge is 0.495 e. The number of hydrogen-bond donors (Lipinski definition) is 0. The molecule has 1 aromatic rings. The molecule has 1 rings (SSSR count). The van der Waals surface area contributed by atoms with Crippen LogP contribution in [0.15, 0.2) is 18.2 Å². The number of nitrogens with zero attached hydrogens (tertiary/aromatic N) is 1. The van der Waals surface area contributed by atoms with Crippen molar-refractivity contribution in [3.05, 3.63) is 23.8 Å². The second-order valence-electron chi connectivity index (χ2n) is 5.48. The van der Waals surface area contributed by atoms with Gasteiger partial charge in [-0.1, -0.05) is 32.9 Å². The predicted octanol–water partition coefficient (Wildman–Crippen LogP) is 3.17. The van der Waals surface area contributed by atoms with Crippen molar-refractivity contribution in [3.8, 4) is 5.75 Å². The van der Waals surface area contributed by atoms with Crippen molar-refractivity contribution in [2.75, 3.05) is 31.7 Å². The van der Waals surface area contributed by atoms with Crippen LogP contribution in [0.2, 0.25) is 0 Å². The average Bonchev–Trinajstić information content (AvgIpc) is 2.42. The normalized spacial score (nSPS) is 11.3. The van der Waals surface area contributed by atoms with Gasteiger partial charge in [-0.25, -0.2) is 0 Å². The molecule has 0 unspecified atom stereocenters. The fraction of sp³-hybridized carbons (Fsp3) is 0.533. The molecule has 0 aliphatic rings. The van der Waals surface area contributed by atoms with E-state index in [2.05, 4.69) is 20.8 Å². The van der Waals surface area contributed by atoms with Crippen LogP contribution in [0, 0.1) is 0 Å². The third-order valence-electron chi connectivity index (χ3n) is 2.97. The number of ether oxygens (including phenoxy) is 2. The number of methoxy groups -OCH3 is 2. The number of hydrogen-bond acceptors (Lipinski definition) is 3. The van der Waals surface area contributed by atoms with Crippen molar-refractivity contribution < 1.29 is 14.3 Å². The molecule has 0 radical (unpaired) electrons. The number of benzene rings is 1. The van der Waals surface area contributed by atoms with E-state index in [1.807, 2.05) is 18.2 Å². The Morgan fingerprint density at radius 3 is 2.40 bits per heavy atom. The molecule has 0 bridgehead atoms. The lowest BCUT2D eigenvalue weighted by molar-refractivity contribution is -0.117. The standard InChI is InChI=1S/C15H22ClNO3/c1-15(2,3)11-7-6-8-12(20-5)14(11)17(10-19-4)13(18)9-16/h6-8H,9-10H2,1-5H3. The highest BCUT2D eigenvalue weighted by Gasteiger charge is 2.27. The highest BCUT2D eigenvalue weighted by molar-refractivity contribution is 6.29. The van der Waals surface area contributed by atoms with Crippen LogP contribution in [-0.2, 0) is 14.9 Å². The van der Waals surface area contributed by atoms with Gasteiger partial charge >= 0.3 is 0 Å². The van der Waals surface area contributed by atoms with E-state index in [1.54, 1.807) is 14.2 Å². The summed E-state index contributed by atoms with van der Waals surface area (Å²) < 4.78 is 10.6. The molecule has 0 fully saturated rings. The summed E-state index contributed by atoms with van der Waals surface area (Å²) in [6.07, 6.45) is 0. The van der Waals surface area contributed by atoms with Crippen LogP contribution >= 0.6 is 11.6 Å². The minimum atomic E-state index is -0.219.